The maximum absolute atomic E-state index is 13.1. The van der Waals surface area contributed by atoms with E-state index in [-0.39, 0.29) is 5.91 Å². The summed E-state index contributed by atoms with van der Waals surface area (Å²) >= 11 is 1.61. The molecule has 0 atom stereocenters. The highest BCUT2D eigenvalue weighted by Gasteiger charge is 2.17. The second kappa shape index (κ2) is 8.55. The van der Waals surface area contributed by atoms with Crippen LogP contribution in [0.2, 0.25) is 0 Å². The molecule has 4 aromatic rings. The molecule has 6 heteroatoms. The predicted octanol–water partition coefficient (Wildman–Crippen LogP) is 5.49. The number of benzene rings is 2. The van der Waals surface area contributed by atoms with Gasteiger partial charge >= 0.3 is 5.97 Å². The average molecular weight is 419 g/mol. The summed E-state index contributed by atoms with van der Waals surface area (Å²) < 4.78 is 8.13. The molecule has 0 spiro atoms. The van der Waals surface area contributed by atoms with Crippen LogP contribution in [-0.2, 0) is 11.3 Å². The number of hydrogen-bond donors (Lipinski definition) is 1. The maximum Gasteiger partial charge on any atom is 0.338 e. The highest BCUT2D eigenvalue weighted by Crippen LogP contribution is 2.27. The fourth-order valence-corrected chi connectivity index (χ4v) is 4.17. The summed E-state index contributed by atoms with van der Waals surface area (Å²) in [5, 5.41) is 4.95. The van der Waals surface area contributed by atoms with Gasteiger partial charge in [0.15, 0.2) is 0 Å². The average Bonchev–Trinajstić information content (AvgIpc) is 3.33. The first-order chi connectivity index (χ1) is 14.5. The van der Waals surface area contributed by atoms with Crippen LogP contribution in [0.25, 0.3) is 10.2 Å². The number of fused-ring (bicyclic) bond motifs is 1. The first-order valence-electron chi connectivity index (χ1n) is 9.76. The molecular formula is C24H22N2O3S. The number of amides is 1. The number of aromatic nitrogens is 1. The molecule has 0 saturated heterocycles. The van der Waals surface area contributed by atoms with Crippen molar-refractivity contribution in [3.63, 3.8) is 0 Å². The van der Waals surface area contributed by atoms with Crippen molar-refractivity contribution < 1.29 is 14.3 Å². The minimum atomic E-state index is -0.406. The Labute approximate surface area is 178 Å². The van der Waals surface area contributed by atoms with Crippen molar-refractivity contribution in [1.82, 2.24) is 4.57 Å². The largest absolute Gasteiger partial charge is 0.462 e. The van der Waals surface area contributed by atoms with E-state index >= 15 is 0 Å². The van der Waals surface area contributed by atoms with Gasteiger partial charge < -0.3 is 14.6 Å². The van der Waals surface area contributed by atoms with Crippen LogP contribution in [0.4, 0.5) is 5.69 Å². The van der Waals surface area contributed by atoms with Gasteiger partial charge in [-0.15, -0.1) is 11.3 Å². The van der Waals surface area contributed by atoms with E-state index in [2.05, 4.69) is 36.5 Å². The lowest BCUT2D eigenvalue weighted by Crippen LogP contribution is -2.18. The number of thiophene rings is 1. The molecule has 152 valence electrons. The van der Waals surface area contributed by atoms with Crippen LogP contribution in [-0.4, -0.2) is 23.1 Å². The molecule has 2 aromatic carbocycles. The molecule has 0 bridgehead atoms. The maximum atomic E-state index is 13.1. The Morgan fingerprint density at radius 3 is 2.63 bits per heavy atom. The molecule has 2 aromatic heterocycles. The molecule has 30 heavy (non-hydrogen) atoms. The second-order valence-corrected chi connectivity index (χ2v) is 7.97. The van der Waals surface area contributed by atoms with Crippen LogP contribution in [0.1, 0.15) is 38.9 Å². The first kappa shape index (κ1) is 19.9. The van der Waals surface area contributed by atoms with Crippen molar-refractivity contribution in [2.24, 2.45) is 0 Å². The first-order valence-corrected chi connectivity index (χ1v) is 10.6. The van der Waals surface area contributed by atoms with Crippen LogP contribution in [0.3, 0.4) is 0 Å². The van der Waals surface area contributed by atoms with Crippen LogP contribution >= 0.6 is 11.3 Å². The van der Waals surface area contributed by atoms with Crippen LogP contribution < -0.4 is 5.32 Å². The highest BCUT2D eigenvalue weighted by molar-refractivity contribution is 7.17. The van der Waals surface area contributed by atoms with Crippen molar-refractivity contribution in [3.05, 3.63) is 88.4 Å². The van der Waals surface area contributed by atoms with Crippen LogP contribution in [0.5, 0.6) is 0 Å². The molecule has 2 heterocycles. The molecule has 0 aliphatic heterocycles. The van der Waals surface area contributed by atoms with Gasteiger partial charge in [0.05, 0.1) is 22.4 Å². The molecule has 0 aliphatic carbocycles. The van der Waals surface area contributed by atoms with Crippen LogP contribution in [0, 0.1) is 6.92 Å². The Bertz CT molecular complexity index is 1200. The van der Waals surface area contributed by atoms with Gasteiger partial charge in [0, 0.05) is 12.2 Å². The molecular weight excluding hydrogens is 396 g/mol. The van der Waals surface area contributed by atoms with Crippen molar-refractivity contribution in [2.45, 2.75) is 20.4 Å². The van der Waals surface area contributed by atoms with Gasteiger partial charge in [-0.2, -0.15) is 0 Å². The summed E-state index contributed by atoms with van der Waals surface area (Å²) in [4.78, 5) is 25.1. The van der Waals surface area contributed by atoms with E-state index in [1.54, 1.807) is 42.5 Å². The summed E-state index contributed by atoms with van der Waals surface area (Å²) in [6, 6.07) is 19.0. The minimum Gasteiger partial charge on any atom is -0.462 e. The van der Waals surface area contributed by atoms with Crippen molar-refractivity contribution in [1.29, 1.82) is 0 Å². The molecule has 1 amide bonds. The number of ether oxygens (including phenoxy) is 1. The third-order valence-electron chi connectivity index (χ3n) is 4.85. The van der Waals surface area contributed by atoms with E-state index < -0.39 is 5.97 Å². The minimum absolute atomic E-state index is 0.216. The topological polar surface area (TPSA) is 60.3 Å². The van der Waals surface area contributed by atoms with Crippen molar-refractivity contribution in [3.8, 4) is 0 Å². The van der Waals surface area contributed by atoms with E-state index in [0.29, 0.717) is 30.1 Å². The summed E-state index contributed by atoms with van der Waals surface area (Å²) in [6.45, 7) is 4.72. The van der Waals surface area contributed by atoms with Crippen molar-refractivity contribution in [2.75, 3.05) is 11.9 Å². The van der Waals surface area contributed by atoms with E-state index in [9.17, 15) is 9.59 Å². The Balaban J connectivity index is 1.62. The number of aryl methyl sites for hydroxylation is 1. The Morgan fingerprint density at radius 2 is 1.87 bits per heavy atom. The summed E-state index contributed by atoms with van der Waals surface area (Å²) in [5.41, 5.74) is 4.90. The van der Waals surface area contributed by atoms with E-state index in [1.807, 2.05) is 22.1 Å². The number of carbonyl (C=O) groups excluding carboxylic acids is 2. The molecule has 0 aliphatic rings. The molecule has 0 unspecified atom stereocenters. The number of anilines is 1. The standard InChI is InChI=1S/C24H22N2O3S/c1-3-29-24(28)18-5-4-6-19(13-18)25-23(27)21-14-22-20(11-12-30-22)26(21)15-17-9-7-16(2)8-10-17/h4-14H,3,15H2,1-2H3,(H,25,27). The monoisotopic (exact) mass is 418 g/mol. The van der Waals surface area contributed by atoms with Crippen molar-refractivity contribution >= 4 is 39.1 Å². The second-order valence-electron chi connectivity index (χ2n) is 7.03. The van der Waals surface area contributed by atoms with Gasteiger partial charge in [0.25, 0.3) is 5.91 Å². The van der Waals surface area contributed by atoms with Gasteiger partial charge in [-0.25, -0.2) is 4.79 Å². The number of carbonyl (C=O) groups is 2. The van der Waals surface area contributed by atoms with E-state index in [4.69, 9.17) is 4.74 Å². The molecule has 0 saturated carbocycles. The zero-order chi connectivity index (χ0) is 21.1. The summed E-state index contributed by atoms with van der Waals surface area (Å²) in [6.07, 6.45) is 0. The third-order valence-corrected chi connectivity index (χ3v) is 5.70. The quantitative estimate of drug-likeness (QED) is 0.421. The molecule has 0 fully saturated rings. The van der Waals surface area contributed by atoms with Gasteiger partial charge in [0.2, 0.25) is 0 Å². The number of rotatable bonds is 6. The molecule has 4 rings (SSSR count). The molecule has 5 nitrogen and oxygen atoms in total. The fraction of sp³-hybridized carbons (Fsp3) is 0.167. The highest BCUT2D eigenvalue weighted by atomic mass is 32.1. The van der Waals surface area contributed by atoms with Gasteiger partial charge in [-0.1, -0.05) is 35.9 Å². The lowest BCUT2D eigenvalue weighted by atomic mass is 10.1. The van der Waals surface area contributed by atoms with E-state index in [1.165, 1.54) is 5.56 Å². The zero-order valence-corrected chi connectivity index (χ0v) is 17.7. The predicted molar refractivity (Wildman–Crippen MR) is 120 cm³/mol. The number of esters is 1. The molecule has 1 N–H and O–H groups in total. The molecule has 0 radical (unpaired) electrons. The Morgan fingerprint density at radius 1 is 1.07 bits per heavy atom. The SMILES string of the molecule is CCOC(=O)c1cccc(NC(=O)c2cc3sccc3n2Cc2ccc(C)cc2)c1. The fourth-order valence-electron chi connectivity index (χ4n) is 3.35. The van der Waals surface area contributed by atoms with Gasteiger partial charge in [-0.05, 0) is 55.1 Å². The smallest absolute Gasteiger partial charge is 0.338 e. The third kappa shape index (κ3) is 4.14. The lowest BCUT2D eigenvalue weighted by Gasteiger charge is -2.12. The summed E-state index contributed by atoms with van der Waals surface area (Å²) in [7, 11) is 0. The Hall–Kier alpha value is -3.38. The number of nitrogens with zero attached hydrogens (tertiary/aromatic N) is 1. The Kier molecular flexibility index (Phi) is 5.68. The zero-order valence-electron chi connectivity index (χ0n) is 16.8. The normalized spacial score (nSPS) is 10.9. The van der Waals surface area contributed by atoms with Crippen LogP contribution in [0.15, 0.2) is 66.0 Å². The summed E-state index contributed by atoms with van der Waals surface area (Å²) in [5.74, 6) is -0.622. The number of nitrogens with one attached hydrogen (secondary N) is 1. The van der Waals surface area contributed by atoms with Gasteiger partial charge in [-0.3, -0.25) is 4.79 Å². The van der Waals surface area contributed by atoms with Gasteiger partial charge in [0.1, 0.15) is 5.69 Å². The number of hydrogen-bond acceptors (Lipinski definition) is 4. The lowest BCUT2D eigenvalue weighted by molar-refractivity contribution is 0.0526. The van der Waals surface area contributed by atoms with E-state index in [0.717, 1.165) is 15.8 Å².